The predicted octanol–water partition coefficient (Wildman–Crippen LogP) is 5.23. The maximum absolute atomic E-state index is 14.4. The molecule has 198 valence electrons. The largest absolute Gasteiger partial charge is 0.511 e. The lowest BCUT2D eigenvalue weighted by Gasteiger charge is -2.48. The van der Waals surface area contributed by atoms with E-state index in [2.05, 4.69) is 23.9 Å². The molecule has 0 bridgehead atoms. The van der Waals surface area contributed by atoms with Crippen LogP contribution in [0.25, 0.3) is 0 Å². The van der Waals surface area contributed by atoms with Crippen LogP contribution in [0.3, 0.4) is 0 Å². The molecule has 0 radical (unpaired) electrons. The van der Waals surface area contributed by atoms with Gasteiger partial charge in [-0.1, -0.05) is 29.8 Å². The number of carboxylic acid groups (broad SMARTS) is 1. The van der Waals surface area contributed by atoms with Crippen molar-refractivity contribution >= 4 is 23.7 Å². The van der Waals surface area contributed by atoms with E-state index in [1.807, 2.05) is 30.3 Å². The van der Waals surface area contributed by atoms with Crippen LogP contribution in [-0.4, -0.2) is 83.8 Å². The number of halogens is 1. The topological polar surface area (TPSA) is 70.1 Å². The fourth-order valence-corrected chi connectivity index (χ4v) is 7.10. The first-order valence-electron chi connectivity index (χ1n) is 13.4. The van der Waals surface area contributed by atoms with Gasteiger partial charge in [-0.05, 0) is 69.2 Å². The number of amides is 1. The molecule has 37 heavy (non-hydrogen) atoms. The maximum atomic E-state index is 14.4. The summed E-state index contributed by atoms with van der Waals surface area (Å²) < 4.78 is 5.24. The highest BCUT2D eigenvalue weighted by Gasteiger charge is 2.51. The highest BCUT2D eigenvalue weighted by Crippen LogP contribution is 2.46. The average Bonchev–Trinajstić information content (AvgIpc) is 3.32. The number of rotatable bonds is 5. The lowest BCUT2D eigenvalue weighted by molar-refractivity contribution is -0.887. The minimum absolute atomic E-state index is 0.0331. The van der Waals surface area contributed by atoms with Crippen molar-refractivity contribution in [1.82, 2.24) is 9.80 Å². The molecule has 1 amide bonds. The molecule has 2 atom stereocenters. The summed E-state index contributed by atoms with van der Waals surface area (Å²) in [6.45, 7) is 4.26. The molecule has 2 aromatic rings. The second kappa shape index (κ2) is 10.7. The molecule has 0 spiro atoms. The predicted molar refractivity (Wildman–Crippen MR) is 143 cm³/mol. The highest BCUT2D eigenvalue weighted by molar-refractivity contribution is 6.33. The van der Waals surface area contributed by atoms with Crippen molar-refractivity contribution in [2.24, 2.45) is 0 Å². The lowest BCUT2D eigenvalue weighted by atomic mass is 9.91. The molecule has 1 N–H and O–H groups in total. The molecule has 2 heterocycles. The van der Waals surface area contributed by atoms with Gasteiger partial charge >= 0.3 is 12.1 Å². The van der Waals surface area contributed by atoms with E-state index in [1.165, 1.54) is 12.8 Å². The Morgan fingerprint density at radius 2 is 1.70 bits per heavy atom. The summed E-state index contributed by atoms with van der Waals surface area (Å²) in [5.41, 5.74) is 2.72. The van der Waals surface area contributed by atoms with Gasteiger partial charge in [0, 0.05) is 44.0 Å². The Hall–Kier alpha value is -2.45. The average molecular weight is 527 g/mol. The van der Waals surface area contributed by atoms with Gasteiger partial charge in [0.2, 0.25) is 0 Å². The van der Waals surface area contributed by atoms with Crippen molar-refractivity contribution in [2.45, 2.75) is 56.7 Å². The van der Waals surface area contributed by atoms with Crippen molar-refractivity contribution in [3.8, 4) is 5.75 Å². The van der Waals surface area contributed by atoms with Crippen LogP contribution in [0, 0.1) is 0 Å². The van der Waals surface area contributed by atoms with Crippen molar-refractivity contribution in [2.75, 3.05) is 40.3 Å². The maximum Gasteiger partial charge on any atom is 0.511 e. The summed E-state index contributed by atoms with van der Waals surface area (Å²) in [6.07, 6.45) is 4.63. The molecule has 2 saturated heterocycles. The number of benzene rings is 2. The zero-order chi connectivity index (χ0) is 26.2. The first-order valence-corrected chi connectivity index (χ1v) is 13.8. The van der Waals surface area contributed by atoms with Gasteiger partial charge in [-0.3, -0.25) is 4.90 Å². The second-order valence-corrected chi connectivity index (χ2v) is 11.4. The van der Waals surface area contributed by atoms with Crippen LogP contribution in [-0.2, 0) is 6.42 Å². The number of ether oxygens (including phenoxy) is 1. The van der Waals surface area contributed by atoms with Gasteiger partial charge in [0.25, 0.3) is 0 Å². The minimum atomic E-state index is -1.33. The number of nitrogens with zero attached hydrogens (tertiary/aromatic N) is 3. The molecular weight excluding hydrogens is 490 g/mol. The number of carbonyl (C=O) groups is 2. The second-order valence-electron chi connectivity index (χ2n) is 11.0. The SMILES string of the molecule is CN1CCC(N2CCC([N+](C)(C(=O)c3ccccc3Cl)[C@@H]3CCc4ccc(OC(=O)O)cc43)CC2)CC1. The van der Waals surface area contributed by atoms with Gasteiger partial charge in [-0.2, -0.15) is 0 Å². The molecule has 0 saturated carbocycles. The van der Waals surface area contributed by atoms with E-state index in [0.717, 1.165) is 63.0 Å². The molecule has 0 aromatic heterocycles. The first-order chi connectivity index (χ1) is 17.8. The summed E-state index contributed by atoms with van der Waals surface area (Å²) in [6, 6.07) is 13.5. The molecule has 8 heteroatoms. The Morgan fingerprint density at radius 1 is 1.00 bits per heavy atom. The number of hydrogen-bond donors (Lipinski definition) is 1. The third-order valence-electron chi connectivity index (χ3n) is 9.02. The van der Waals surface area contributed by atoms with Gasteiger partial charge in [-0.25, -0.2) is 14.1 Å². The van der Waals surface area contributed by atoms with E-state index >= 15 is 0 Å². The third kappa shape index (κ3) is 5.15. The Kier molecular flexibility index (Phi) is 7.59. The van der Waals surface area contributed by atoms with Crippen LogP contribution < -0.4 is 4.74 Å². The molecule has 1 aliphatic carbocycles. The zero-order valence-electron chi connectivity index (χ0n) is 21.7. The summed E-state index contributed by atoms with van der Waals surface area (Å²) in [5.74, 6) is 0.331. The normalized spacial score (nSPS) is 23.4. The van der Waals surface area contributed by atoms with Crippen LogP contribution >= 0.6 is 11.6 Å². The van der Waals surface area contributed by atoms with Crippen LogP contribution in [0.5, 0.6) is 5.75 Å². The molecule has 1 unspecified atom stereocenters. The first kappa shape index (κ1) is 26.2. The lowest BCUT2D eigenvalue weighted by Crippen LogP contribution is -2.61. The number of quaternary nitrogens is 1. The van der Waals surface area contributed by atoms with E-state index in [9.17, 15) is 9.59 Å². The van der Waals surface area contributed by atoms with E-state index in [-0.39, 0.29) is 22.5 Å². The molecular formula is C29H37ClN3O4+. The molecule has 2 aliphatic heterocycles. The van der Waals surface area contributed by atoms with E-state index < -0.39 is 6.16 Å². The molecule has 2 fully saturated rings. The van der Waals surface area contributed by atoms with Crippen LogP contribution in [0.2, 0.25) is 5.02 Å². The van der Waals surface area contributed by atoms with E-state index in [0.29, 0.717) is 22.4 Å². The number of hydrogen-bond acceptors (Lipinski definition) is 5. The van der Waals surface area contributed by atoms with Gasteiger partial charge in [0.15, 0.2) is 0 Å². The van der Waals surface area contributed by atoms with Crippen molar-refractivity contribution in [3.05, 3.63) is 64.2 Å². The number of likely N-dealkylation sites (tertiary alicyclic amines) is 2. The number of piperidine rings is 2. The fraction of sp³-hybridized carbons (Fsp3) is 0.517. The third-order valence-corrected chi connectivity index (χ3v) is 9.35. The van der Waals surface area contributed by atoms with Crippen molar-refractivity contribution in [1.29, 1.82) is 0 Å². The Morgan fingerprint density at radius 3 is 2.38 bits per heavy atom. The van der Waals surface area contributed by atoms with E-state index in [4.69, 9.17) is 21.4 Å². The Labute approximate surface area is 224 Å². The van der Waals surface area contributed by atoms with Crippen LogP contribution in [0.15, 0.2) is 42.5 Å². The monoisotopic (exact) mass is 526 g/mol. The van der Waals surface area contributed by atoms with Crippen molar-refractivity contribution in [3.63, 3.8) is 0 Å². The summed E-state index contributed by atoms with van der Waals surface area (Å²) in [7, 11) is 4.27. The Balaban J connectivity index is 1.46. The highest BCUT2D eigenvalue weighted by atomic mass is 35.5. The van der Waals surface area contributed by atoms with Crippen LogP contribution in [0.4, 0.5) is 4.79 Å². The molecule has 5 rings (SSSR count). The van der Waals surface area contributed by atoms with Crippen LogP contribution in [0.1, 0.15) is 59.6 Å². The van der Waals surface area contributed by atoms with Gasteiger partial charge in [0.05, 0.1) is 23.7 Å². The summed E-state index contributed by atoms with van der Waals surface area (Å²) >= 11 is 6.56. The minimum Gasteiger partial charge on any atom is -0.449 e. The Bertz CT molecular complexity index is 1160. The molecule has 2 aromatic carbocycles. The van der Waals surface area contributed by atoms with Gasteiger partial charge in [0.1, 0.15) is 11.8 Å². The number of fused-ring (bicyclic) bond motifs is 1. The number of carbonyl (C=O) groups excluding carboxylic acids is 1. The van der Waals surface area contributed by atoms with Crippen molar-refractivity contribution < 1.29 is 23.9 Å². The molecule has 7 nitrogen and oxygen atoms in total. The smallest absolute Gasteiger partial charge is 0.449 e. The molecule has 3 aliphatic rings. The van der Waals surface area contributed by atoms with Gasteiger partial charge < -0.3 is 14.7 Å². The van der Waals surface area contributed by atoms with E-state index in [1.54, 1.807) is 12.1 Å². The zero-order valence-corrected chi connectivity index (χ0v) is 22.5. The summed E-state index contributed by atoms with van der Waals surface area (Å²) in [4.78, 5) is 30.6. The summed E-state index contributed by atoms with van der Waals surface area (Å²) in [5, 5.41) is 9.63. The standard InChI is InChI=1S/C29H36ClN3O4/c1-31-15-11-21(12-16-31)32-17-13-22(14-18-32)33(2,28(34)24-5-3-4-6-26(24)30)27-10-8-20-7-9-23(19-25(20)27)37-29(35)36/h3-7,9,19,21-22,27H,8,10-18H2,1-2H3/p+1/t27-,33?/m1/s1. The number of aryl methyl sites for hydroxylation is 1. The fourth-order valence-electron chi connectivity index (χ4n) is 6.88. The quantitative estimate of drug-likeness (QED) is 0.327. The van der Waals surface area contributed by atoms with Gasteiger partial charge in [-0.15, -0.1) is 0 Å².